The van der Waals surface area contributed by atoms with Crippen molar-refractivity contribution in [3.8, 4) is 12.3 Å². The van der Waals surface area contributed by atoms with E-state index in [0.717, 1.165) is 11.1 Å². The van der Waals surface area contributed by atoms with Crippen molar-refractivity contribution in [3.63, 3.8) is 0 Å². The molecule has 0 unspecified atom stereocenters. The molecule has 0 aliphatic carbocycles. The van der Waals surface area contributed by atoms with Gasteiger partial charge >= 0.3 is 5.97 Å². The summed E-state index contributed by atoms with van der Waals surface area (Å²) in [7, 11) is 0. The molecule has 1 aromatic rings. The average Bonchev–Trinajstić information content (AvgIpc) is 2.04. The third-order valence-corrected chi connectivity index (χ3v) is 1.63. The summed E-state index contributed by atoms with van der Waals surface area (Å²) in [5.74, 6) is 1.54. The summed E-state index contributed by atoms with van der Waals surface area (Å²) >= 11 is 0. The molecule has 60 valence electrons. The highest BCUT2D eigenvalue weighted by Crippen LogP contribution is 2.09. The van der Waals surface area contributed by atoms with Crippen LogP contribution in [0.1, 0.15) is 21.5 Å². The Labute approximate surface area is 70.8 Å². The summed E-state index contributed by atoms with van der Waals surface area (Å²) in [6, 6.07) is 4.71. The summed E-state index contributed by atoms with van der Waals surface area (Å²) in [6.07, 6.45) is 5.18. The first-order valence-electron chi connectivity index (χ1n) is 3.45. The van der Waals surface area contributed by atoms with Crippen LogP contribution in [0.15, 0.2) is 18.2 Å². The van der Waals surface area contributed by atoms with Crippen molar-refractivity contribution >= 4 is 5.97 Å². The Morgan fingerprint density at radius 2 is 2.25 bits per heavy atom. The third kappa shape index (κ3) is 1.46. The van der Waals surface area contributed by atoms with Gasteiger partial charge in [0.2, 0.25) is 0 Å². The lowest BCUT2D eigenvalue weighted by atomic mass is 10.1. The molecule has 0 spiro atoms. The fourth-order valence-corrected chi connectivity index (χ4v) is 0.959. The van der Waals surface area contributed by atoms with Gasteiger partial charge in [-0.2, -0.15) is 0 Å². The van der Waals surface area contributed by atoms with Gasteiger partial charge in [-0.15, -0.1) is 6.42 Å². The number of carboxylic acids is 1. The predicted octanol–water partition coefficient (Wildman–Crippen LogP) is 1.67. The van der Waals surface area contributed by atoms with Crippen LogP contribution in [0.5, 0.6) is 0 Å². The second-order valence-corrected chi connectivity index (χ2v) is 2.48. The van der Waals surface area contributed by atoms with Gasteiger partial charge in [0.25, 0.3) is 0 Å². The minimum Gasteiger partial charge on any atom is -0.478 e. The first-order valence-corrected chi connectivity index (χ1v) is 3.45. The quantitative estimate of drug-likeness (QED) is 0.634. The summed E-state index contributed by atoms with van der Waals surface area (Å²) in [6.45, 7) is 1.79. The normalized spacial score (nSPS) is 9.00. The zero-order valence-corrected chi connectivity index (χ0v) is 6.66. The maximum Gasteiger partial charge on any atom is 0.335 e. The molecule has 0 saturated carbocycles. The maximum absolute atomic E-state index is 10.5. The molecular formula is C10H8O2. The zero-order valence-electron chi connectivity index (χ0n) is 6.66. The Kier molecular flexibility index (Phi) is 2.16. The molecule has 0 heterocycles. The number of benzene rings is 1. The third-order valence-electron chi connectivity index (χ3n) is 1.63. The van der Waals surface area contributed by atoms with Crippen molar-refractivity contribution in [2.75, 3.05) is 0 Å². The summed E-state index contributed by atoms with van der Waals surface area (Å²) in [4.78, 5) is 10.5. The second-order valence-electron chi connectivity index (χ2n) is 2.48. The molecule has 0 aliphatic rings. The van der Waals surface area contributed by atoms with E-state index >= 15 is 0 Å². The molecule has 1 aromatic carbocycles. The van der Waals surface area contributed by atoms with E-state index in [1.54, 1.807) is 19.1 Å². The van der Waals surface area contributed by atoms with E-state index in [1.807, 2.05) is 0 Å². The molecule has 0 aliphatic heterocycles. The van der Waals surface area contributed by atoms with E-state index in [4.69, 9.17) is 11.5 Å². The smallest absolute Gasteiger partial charge is 0.335 e. The molecule has 0 atom stereocenters. The minimum atomic E-state index is -0.929. The molecule has 1 N–H and O–H groups in total. The van der Waals surface area contributed by atoms with Gasteiger partial charge in [0.15, 0.2) is 0 Å². The van der Waals surface area contributed by atoms with Crippen molar-refractivity contribution in [2.45, 2.75) is 6.92 Å². The standard InChI is InChI=1S/C10H8O2/c1-3-8-4-5-9(10(11)12)6-7(8)2/h1,4-6H,2H3,(H,11,12). The average molecular weight is 160 g/mol. The predicted molar refractivity (Wildman–Crippen MR) is 46.1 cm³/mol. The first-order chi connectivity index (χ1) is 5.65. The van der Waals surface area contributed by atoms with Crippen LogP contribution in [0.2, 0.25) is 0 Å². The van der Waals surface area contributed by atoms with Crippen LogP contribution < -0.4 is 0 Å². The number of aromatic carboxylic acids is 1. The van der Waals surface area contributed by atoms with Crippen molar-refractivity contribution < 1.29 is 9.90 Å². The SMILES string of the molecule is C#Cc1ccc(C(=O)O)cc1C. The molecule has 0 fully saturated rings. The van der Waals surface area contributed by atoms with E-state index < -0.39 is 5.97 Å². The molecular weight excluding hydrogens is 152 g/mol. The van der Waals surface area contributed by atoms with Gasteiger partial charge in [-0.1, -0.05) is 5.92 Å². The van der Waals surface area contributed by atoms with Gasteiger partial charge in [0.05, 0.1) is 5.56 Å². The molecule has 2 heteroatoms. The molecule has 2 nitrogen and oxygen atoms in total. The summed E-state index contributed by atoms with van der Waals surface area (Å²) < 4.78 is 0. The molecule has 0 bridgehead atoms. The van der Waals surface area contributed by atoms with E-state index in [9.17, 15) is 4.79 Å². The lowest BCUT2D eigenvalue weighted by Gasteiger charge is -1.99. The zero-order chi connectivity index (χ0) is 9.14. The van der Waals surface area contributed by atoms with E-state index in [2.05, 4.69) is 5.92 Å². The van der Waals surface area contributed by atoms with E-state index in [0.29, 0.717) is 0 Å². The van der Waals surface area contributed by atoms with Crippen LogP contribution in [-0.4, -0.2) is 11.1 Å². The van der Waals surface area contributed by atoms with Crippen LogP contribution in [0, 0.1) is 19.3 Å². The number of aryl methyl sites for hydroxylation is 1. The highest BCUT2D eigenvalue weighted by atomic mass is 16.4. The van der Waals surface area contributed by atoms with Crippen molar-refractivity contribution in [3.05, 3.63) is 34.9 Å². The molecule has 1 rings (SSSR count). The maximum atomic E-state index is 10.5. The van der Waals surface area contributed by atoms with Gasteiger partial charge in [0.1, 0.15) is 0 Å². The van der Waals surface area contributed by atoms with Crippen molar-refractivity contribution in [1.82, 2.24) is 0 Å². The Morgan fingerprint density at radius 1 is 1.58 bits per heavy atom. The number of carboxylic acid groups (broad SMARTS) is 1. The molecule has 0 saturated heterocycles. The summed E-state index contributed by atoms with van der Waals surface area (Å²) in [5.41, 5.74) is 1.82. The van der Waals surface area contributed by atoms with Gasteiger partial charge in [-0.05, 0) is 30.7 Å². The Balaban J connectivity index is 3.21. The highest BCUT2D eigenvalue weighted by molar-refractivity contribution is 5.88. The minimum absolute atomic E-state index is 0.270. The number of carbonyl (C=O) groups is 1. The van der Waals surface area contributed by atoms with Crippen molar-refractivity contribution in [1.29, 1.82) is 0 Å². The van der Waals surface area contributed by atoms with Crippen LogP contribution >= 0.6 is 0 Å². The van der Waals surface area contributed by atoms with Gasteiger partial charge in [0, 0.05) is 5.56 Å². The van der Waals surface area contributed by atoms with Gasteiger partial charge < -0.3 is 5.11 Å². The summed E-state index contributed by atoms with van der Waals surface area (Å²) in [5, 5.41) is 8.62. The molecule has 12 heavy (non-hydrogen) atoms. The fraction of sp³-hybridized carbons (Fsp3) is 0.100. The topological polar surface area (TPSA) is 37.3 Å². The fourth-order valence-electron chi connectivity index (χ4n) is 0.959. The van der Waals surface area contributed by atoms with Crippen LogP contribution in [-0.2, 0) is 0 Å². The monoisotopic (exact) mass is 160 g/mol. The number of terminal acetylenes is 1. The lowest BCUT2D eigenvalue weighted by molar-refractivity contribution is 0.0697. The molecule has 0 amide bonds. The van der Waals surface area contributed by atoms with E-state index in [1.165, 1.54) is 6.07 Å². The van der Waals surface area contributed by atoms with Crippen molar-refractivity contribution in [2.24, 2.45) is 0 Å². The number of hydrogen-bond donors (Lipinski definition) is 1. The van der Waals surface area contributed by atoms with Gasteiger partial charge in [-0.3, -0.25) is 0 Å². The lowest BCUT2D eigenvalue weighted by Crippen LogP contribution is -1.97. The van der Waals surface area contributed by atoms with Gasteiger partial charge in [-0.25, -0.2) is 4.79 Å². The van der Waals surface area contributed by atoms with Crippen LogP contribution in [0.3, 0.4) is 0 Å². The Morgan fingerprint density at radius 3 is 2.67 bits per heavy atom. The van der Waals surface area contributed by atoms with Crippen LogP contribution in [0.4, 0.5) is 0 Å². The van der Waals surface area contributed by atoms with Crippen LogP contribution in [0.25, 0.3) is 0 Å². The Bertz CT molecular complexity index is 359. The Hall–Kier alpha value is -1.75. The van der Waals surface area contributed by atoms with E-state index in [-0.39, 0.29) is 5.56 Å². The molecule has 0 radical (unpaired) electrons. The first kappa shape index (κ1) is 8.35. The number of rotatable bonds is 1. The highest BCUT2D eigenvalue weighted by Gasteiger charge is 2.03. The largest absolute Gasteiger partial charge is 0.478 e. The second kappa shape index (κ2) is 3.10. The molecule has 0 aromatic heterocycles. The number of hydrogen-bond acceptors (Lipinski definition) is 1.